The minimum atomic E-state index is -1.03. The van der Waals surface area contributed by atoms with E-state index in [1.807, 2.05) is 6.92 Å². The van der Waals surface area contributed by atoms with Crippen LogP contribution >= 0.6 is 11.8 Å². The van der Waals surface area contributed by atoms with Crippen molar-refractivity contribution in [3.8, 4) is 0 Å². The van der Waals surface area contributed by atoms with E-state index >= 15 is 0 Å². The summed E-state index contributed by atoms with van der Waals surface area (Å²) < 4.78 is 0. The normalized spacial score (nSPS) is 10.1. The van der Waals surface area contributed by atoms with E-state index in [0.717, 1.165) is 5.69 Å². The smallest absolute Gasteiger partial charge is 0.335 e. The number of amides is 1. The molecule has 0 aliphatic rings. The summed E-state index contributed by atoms with van der Waals surface area (Å²) in [5, 5.41) is 12.1. The molecule has 0 bridgehead atoms. The van der Waals surface area contributed by atoms with Gasteiger partial charge in [-0.1, -0.05) is 17.8 Å². The zero-order valence-electron chi connectivity index (χ0n) is 11.2. The second-order valence-corrected chi connectivity index (χ2v) is 5.15. The Morgan fingerprint density at radius 3 is 2.86 bits per heavy atom. The summed E-state index contributed by atoms with van der Waals surface area (Å²) >= 11 is 1.22. The molecule has 2 N–H and O–H groups in total. The van der Waals surface area contributed by atoms with Crippen molar-refractivity contribution in [2.75, 3.05) is 11.1 Å². The third-order valence-corrected chi connectivity index (χ3v) is 3.36. The van der Waals surface area contributed by atoms with Crippen molar-refractivity contribution >= 4 is 29.3 Å². The lowest BCUT2D eigenvalue weighted by Gasteiger charge is -2.05. The standard InChI is InChI=1S/C14H13N3O3S/c1-9-5-6-15-14(16-9)21-8-12(18)17-11-4-2-3-10(7-11)13(19)20/h2-7H,8H2,1H3,(H,17,18)(H,19,20). The lowest BCUT2D eigenvalue weighted by atomic mass is 10.2. The molecule has 0 atom stereocenters. The Balaban J connectivity index is 1.93. The third-order valence-electron chi connectivity index (χ3n) is 2.50. The van der Waals surface area contributed by atoms with Crippen LogP contribution in [0.1, 0.15) is 16.1 Å². The Labute approximate surface area is 125 Å². The predicted molar refractivity (Wildman–Crippen MR) is 79.5 cm³/mol. The third kappa shape index (κ3) is 4.57. The molecule has 0 radical (unpaired) electrons. The fourth-order valence-electron chi connectivity index (χ4n) is 1.55. The Morgan fingerprint density at radius 2 is 2.14 bits per heavy atom. The first-order valence-corrected chi connectivity index (χ1v) is 7.09. The molecule has 0 aliphatic heterocycles. The number of hydrogen-bond acceptors (Lipinski definition) is 5. The van der Waals surface area contributed by atoms with Crippen molar-refractivity contribution in [1.82, 2.24) is 9.97 Å². The maximum atomic E-state index is 11.8. The highest BCUT2D eigenvalue weighted by molar-refractivity contribution is 7.99. The molecule has 2 aromatic rings. The van der Waals surface area contributed by atoms with Crippen LogP contribution in [0.25, 0.3) is 0 Å². The van der Waals surface area contributed by atoms with Gasteiger partial charge in [-0.3, -0.25) is 4.79 Å². The van der Waals surface area contributed by atoms with Crippen molar-refractivity contribution in [3.63, 3.8) is 0 Å². The summed E-state index contributed by atoms with van der Waals surface area (Å²) in [5.41, 5.74) is 1.41. The molecule has 2 rings (SSSR count). The number of nitrogens with zero attached hydrogens (tertiary/aromatic N) is 2. The molecule has 0 aliphatic carbocycles. The first-order chi connectivity index (χ1) is 10.0. The van der Waals surface area contributed by atoms with E-state index in [9.17, 15) is 9.59 Å². The highest BCUT2D eigenvalue weighted by atomic mass is 32.2. The Bertz CT molecular complexity index is 676. The van der Waals surface area contributed by atoms with Crippen LogP contribution in [0.5, 0.6) is 0 Å². The summed E-state index contributed by atoms with van der Waals surface area (Å²) in [6.07, 6.45) is 1.64. The molecule has 1 aromatic carbocycles. The van der Waals surface area contributed by atoms with Gasteiger partial charge in [0, 0.05) is 17.6 Å². The van der Waals surface area contributed by atoms with Crippen molar-refractivity contribution in [1.29, 1.82) is 0 Å². The molecule has 1 heterocycles. The predicted octanol–water partition coefficient (Wildman–Crippen LogP) is 2.21. The number of nitrogens with one attached hydrogen (secondary N) is 1. The summed E-state index contributed by atoms with van der Waals surface area (Å²) in [4.78, 5) is 30.9. The monoisotopic (exact) mass is 303 g/mol. The van der Waals surface area contributed by atoms with Gasteiger partial charge in [0.1, 0.15) is 0 Å². The van der Waals surface area contributed by atoms with Crippen LogP contribution in [-0.2, 0) is 4.79 Å². The number of carboxylic acid groups (broad SMARTS) is 1. The maximum Gasteiger partial charge on any atom is 0.335 e. The molecule has 1 aromatic heterocycles. The van der Waals surface area contributed by atoms with E-state index < -0.39 is 5.97 Å². The molecule has 21 heavy (non-hydrogen) atoms. The second kappa shape index (κ2) is 6.85. The van der Waals surface area contributed by atoms with Crippen LogP contribution in [0.15, 0.2) is 41.7 Å². The first kappa shape index (κ1) is 15.0. The van der Waals surface area contributed by atoms with Gasteiger partial charge in [-0.05, 0) is 31.2 Å². The molecule has 0 unspecified atom stereocenters. The first-order valence-electron chi connectivity index (χ1n) is 6.10. The maximum absolute atomic E-state index is 11.8. The van der Waals surface area contributed by atoms with Gasteiger partial charge in [-0.25, -0.2) is 14.8 Å². The molecule has 1 amide bonds. The highest BCUT2D eigenvalue weighted by Crippen LogP contribution is 2.14. The number of aromatic carboxylic acids is 1. The minimum absolute atomic E-state index is 0.127. The summed E-state index contributed by atoms with van der Waals surface area (Å²) in [5.74, 6) is -1.12. The SMILES string of the molecule is Cc1ccnc(SCC(=O)Nc2cccc(C(=O)O)c2)n1. The number of aromatic nitrogens is 2. The highest BCUT2D eigenvalue weighted by Gasteiger charge is 2.08. The van der Waals surface area contributed by atoms with Crippen LogP contribution < -0.4 is 5.32 Å². The molecule has 0 saturated heterocycles. The van der Waals surface area contributed by atoms with Crippen LogP contribution in [0.3, 0.4) is 0 Å². The average Bonchev–Trinajstić information content (AvgIpc) is 2.45. The molecular formula is C14H13N3O3S. The van der Waals surface area contributed by atoms with Gasteiger partial charge in [0.15, 0.2) is 5.16 Å². The van der Waals surface area contributed by atoms with Gasteiger partial charge in [-0.2, -0.15) is 0 Å². The molecule has 0 saturated carbocycles. The zero-order valence-corrected chi connectivity index (χ0v) is 12.1. The second-order valence-electron chi connectivity index (χ2n) is 4.20. The van der Waals surface area contributed by atoms with Gasteiger partial charge in [-0.15, -0.1) is 0 Å². The van der Waals surface area contributed by atoms with Gasteiger partial charge in [0.05, 0.1) is 11.3 Å². The lowest BCUT2D eigenvalue weighted by Crippen LogP contribution is -2.14. The summed E-state index contributed by atoms with van der Waals surface area (Å²) in [6.45, 7) is 1.85. The molecule has 6 nitrogen and oxygen atoms in total. The van der Waals surface area contributed by atoms with Gasteiger partial charge in [0.25, 0.3) is 0 Å². The number of anilines is 1. The topological polar surface area (TPSA) is 92.2 Å². The van der Waals surface area contributed by atoms with E-state index in [2.05, 4.69) is 15.3 Å². The van der Waals surface area contributed by atoms with Crippen molar-refractivity contribution < 1.29 is 14.7 Å². The summed E-state index contributed by atoms with van der Waals surface area (Å²) in [7, 11) is 0. The van der Waals surface area contributed by atoms with Crippen LogP contribution in [0, 0.1) is 6.92 Å². The number of carbonyl (C=O) groups excluding carboxylic acids is 1. The van der Waals surface area contributed by atoms with E-state index in [1.165, 1.54) is 23.9 Å². The fraction of sp³-hybridized carbons (Fsp3) is 0.143. The number of hydrogen-bond donors (Lipinski definition) is 2. The number of aryl methyl sites for hydroxylation is 1. The summed E-state index contributed by atoms with van der Waals surface area (Å²) in [6, 6.07) is 7.87. The number of rotatable bonds is 5. The Kier molecular flexibility index (Phi) is 4.89. The van der Waals surface area contributed by atoms with E-state index in [1.54, 1.807) is 24.4 Å². The Hall–Kier alpha value is -2.41. The van der Waals surface area contributed by atoms with Crippen LogP contribution in [-0.4, -0.2) is 32.7 Å². The van der Waals surface area contributed by atoms with Crippen molar-refractivity contribution in [2.45, 2.75) is 12.1 Å². The van der Waals surface area contributed by atoms with Gasteiger partial charge >= 0.3 is 5.97 Å². The fourth-order valence-corrected chi connectivity index (χ4v) is 2.23. The van der Waals surface area contributed by atoms with Crippen molar-refractivity contribution in [3.05, 3.63) is 47.8 Å². The van der Waals surface area contributed by atoms with Gasteiger partial charge < -0.3 is 10.4 Å². The largest absolute Gasteiger partial charge is 0.478 e. The molecule has 7 heteroatoms. The van der Waals surface area contributed by atoms with E-state index in [4.69, 9.17) is 5.11 Å². The molecule has 108 valence electrons. The van der Waals surface area contributed by atoms with Gasteiger partial charge in [0.2, 0.25) is 5.91 Å². The zero-order chi connectivity index (χ0) is 15.2. The van der Waals surface area contributed by atoms with Crippen LogP contribution in [0.2, 0.25) is 0 Å². The van der Waals surface area contributed by atoms with E-state index in [-0.39, 0.29) is 17.2 Å². The number of carboxylic acids is 1. The molecule has 0 fully saturated rings. The Morgan fingerprint density at radius 1 is 1.33 bits per heavy atom. The number of benzene rings is 1. The minimum Gasteiger partial charge on any atom is -0.478 e. The number of thioether (sulfide) groups is 1. The lowest BCUT2D eigenvalue weighted by molar-refractivity contribution is -0.113. The molecule has 0 spiro atoms. The van der Waals surface area contributed by atoms with Crippen molar-refractivity contribution in [2.24, 2.45) is 0 Å². The quantitative estimate of drug-likeness (QED) is 0.650. The van der Waals surface area contributed by atoms with Crippen LogP contribution in [0.4, 0.5) is 5.69 Å². The average molecular weight is 303 g/mol. The molecular weight excluding hydrogens is 290 g/mol. The number of carbonyl (C=O) groups is 2. The van der Waals surface area contributed by atoms with E-state index in [0.29, 0.717) is 10.8 Å².